The van der Waals surface area contributed by atoms with Crippen LogP contribution >= 0.6 is 0 Å². The maximum atomic E-state index is 10.7. The van der Waals surface area contributed by atoms with E-state index >= 15 is 0 Å². The molecule has 2 aromatic rings. The Balaban J connectivity index is 2.07. The van der Waals surface area contributed by atoms with E-state index in [2.05, 4.69) is 10.3 Å². The summed E-state index contributed by atoms with van der Waals surface area (Å²) in [5.74, 6) is -0.245. The smallest absolute Gasteiger partial charge is 0.320 e. The van der Waals surface area contributed by atoms with E-state index in [1.165, 1.54) is 0 Å². The van der Waals surface area contributed by atoms with Gasteiger partial charge in [0.1, 0.15) is 11.8 Å². The maximum Gasteiger partial charge on any atom is 0.320 e. The Labute approximate surface area is 122 Å². The molecule has 0 saturated carbocycles. The molecule has 1 atom stereocenters. The highest BCUT2D eigenvalue weighted by Gasteiger charge is 2.14. The molecule has 1 heterocycles. The minimum Gasteiger partial charge on any atom is -0.494 e. The second-order valence-electron chi connectivity index (χ2n) is 4.60. The summed E-state index contributed by atoms with van der Waals surface area (Å²) in [6.45, 7) is 3.02. The average molecular weight is 290 g/mol. The Morgan fingerprint density at radius 3 is 2.95 bits per heavy atom. The highest BCUT2D eigenvalue weighted by Crippen LogP contribution is 2.18. The van der Waals surface area contributed by atoms with Gasteiger partial charge in [-0.2, -0.15) is 0 Å². The Bertz CT molecular complexity index is 612. The highest BCUT2D eigenvalue weighted by molar-refractivity contribution is 5.73. The molecule has 1 aromatic carbocycles. The molecule has 0 bridgehead atoms. The number of rotatable bonds is 7. The Morgan fingerprint density at radius 1 is 1.48 bits per heavy atom. The van der Waals surface area contributed by atoms with Crippen molar-refractivity contribution in [3.8, 4) is 5.75 Å². The van der Waals surface area contributed by atoms with Crippen LogP contribution in [0.15, 0.2) is 30.5 Å². The summed E-state index contributed by atoms with van der Waals surface area (Å²) in [5, 5.41) is 16.7. The lowest BCUT2D eigenvalue weighted by atomic mass is 10.2. The lowest BCUT2D eigenvalue weighted by Gasteiger charge is -2.09. The Hall–Kier alpha value is -2.41. The predicted molar refractivity (Wildman–Crippen MR) is 76.1 cm³/mol. The number of aromatic nitrogens is 3. The lowest BCUT2D eigenvalue weighted by Crippen LogP contribution is -2.32. The molecular weight excluding hydrogens is 272 g/mol. The first kappa shape index (κ1) is 15.0. The molecule has 1 unspecified atom stereocenters. The van der Waals surface area contributed by atoms with E-state index < -0.39 is 12.0 Å². The molecule has 0 aliphatic carbocycles. The summed E-state index contributed by atoms with van der Waals surface area (Å²) in [4.78, 5) is 10.7. The third-order valence-corrected chi connectivity index (χ3v) is 2.94. The van der Waals surface area contributed by atoms with Crippen LogP contribution in [0.3, 0.4) is 0 Å². The summed E-state index contributed by atoms with van der Waals surface area (Å²) >= 11 is 0. The summed E-state index contributed by atoms with van der Waals surface area (Å²) in [5.41, 5.74) is 7.02. The van der Waals surface area contributed by atoms with Gasteiger partial charge in [-0.1, -0.05) is 23.4 Å². The number of aliphatic carboxylic acids is 1. The molecule has 112 valence electrons. The van der Waals surface area contributed by atoms with Gasteiger partial charge in [0.25, 0.3) is 0 Å². The van der Waals surface area contributed by atoms with Gasteiger partial charge in [0, 0.05) is 18.2 Å². The predicted octanol–water partition coefficient (Wildman–Crippen LogP) is 0.679. The van der Waals surface area contributed by atoms with Gasteiger partial charge in [-0.3, -0.25) is 4.79 Å². The van der Waals surface area contributed by atoms with Crippen molar-refractivity contribution in [1.82, 2.24) is 15.0 Å². The van der Waals surface area contributed by atoms with Crippen LogP contribution in [0, 0.1) is 0 Å². The molecule has 0 spiro atoms. The van der Waals surface area contributed by atoms with E-state index in [1.807, 2.05) is 31.2 Å². The number of benzene rings is 1. The molecule has 2 rings (SSSR count). The molecule has 0 radical (unpaired) electrons. The quantitative estimate of drug-likeness (QED) is 0.777. The van der Waals surface area contributed by atoms with E-state index in [0.29, 0.717) is 18.8 Å². The molecule has 0 aliphatic rings. The molecule has 7 nitrogen and oxygen atoms in total. The number of carboxylic acid groups (broad SMARTS) is 1. The van der Waals surface area contributed by atoms with E-state index in [9.17, 15) is 4.79 Å². The van der Waals surface area contributed by atoms with Crippen molar-refractivity contribution in [3.63, 3.8) is 0 Å². The largest absolute Gasteiger partial charge is 0.494 e. The number of nitrogens with zero attached hydrogens (tertiary/aromatic N) is 3. The van der Waals surface area contributed by atoms with Gasteiger partial charge in [0.2, 0.25) is 0 Å². The summed E-state index contributed by atoms with van der Waals surface area (Å²) < 4.78 is 7.19. The first-order valence-corrected chi connectivity index (χ1v) is 6.68. The van der Waals surface area contributed by atoms with Gasteiger partial charge in [-0.05, 0) is 13.0 Å². The van der Waals surface area contributed by atoms with Crippen molar-refractivity contribution in [3.05, 3.63) is 41.7 Å². The summed E-state index contributed by atoms with van der Waals surface area (Å²) in [6.07, 6.45) is 1.86. The van der Waals surface area contributed by atoms with Gasteiger partial charge in [0.15, 0.2) is 0 Å². The fourth-order valence-electron chi connectivity index (χ4n) is 1.93. The van der Waals surface area contributed by atoms with Crippen LogP contribution < -0.4 is 10.5 Å². The molecule has 0 fully saturated rings. The van der Waals surface area contributed by atoms with Crippen molar-refractivity contribution in [2.45, 2.75) is 25.9 Å². The zero-order valence-electron chi connectivity index (χ0n) is 11.8. The fourth-order valence-corrected chi connectivity index (χ4v) is 1.93. The number of hydrogen-bond donors (Lipinski definition) is 2. The number of nitrogens with two attached hydrogens (primary N) is 1. The number of para-hydroxylation sites is 1. The first-order chi connectivity index (χ1) is 10.1. The van der Waals surface area contributed by atoms with E-state index in [-0.39, 0.29) is 6.42 Å². The van der Waals surface area contributed by atoms with Gasteiger partial charge >= 0.3 is 5.97 Å². The van der Waals surface area contributed by atoms with Gasteiger partial charge in [-0.15, -0.1) is 5.10 Å². The van der Waals surface area contributed by atoms with Gasteiger partial charge in [0.05, 0.1) is 18.8 Å². The normalized spacial score (nSPS) is 12.1. The monoisotopic (exact) mass is 290 g/mol. The van der Waals surface area contributed by atoms with Crippen LogP contribution in [-0.2, 0) is 17.8 Å². The number of carbonyl (C=O) groups is 1. The van der Waals surface area contributed by atoms with E-state index in [1.54, 1.807) is 10.9 Å². The summed E-state index contributed by atoms with van der Waals surface area (Å²) in [6, 6.07) is 6.72. The van der Waals surface area contributed by atoms with Crippen LogP contribution in [0.25, 0.3) is 0 Å². The fraction of sp³-hybridized carbons (Fsp3) is 0.357. The van der Waals surface area contributed by atoms with Crippen molar-refractivity contribution in [1.29, 1.82) is 0 Å². The van der Waals surface area contributed by atoms with E-state index in [0.717, 1.165) is 11.3 Å². The third-order valence-electron chi connectivity index (χ3n) is 2.94. The van der Waals surface area contributed by atoms with E-state index in [4.69, 9.17) is 15.6 Å². The Morgan fingerprint density at radius 2 is 2.24 bits per heavy atom. The topological polar surface area (TPSA) is 103 Å². The SMILES string of the molecule is CCOc1ccccc1Cn1cc(CC(N)C(=O)O)nn1. The molecule has 0 aliphatic heterocycles. The Kier molecular flexibility index (Phi) is 4.89. The molecule has 3 N–H and O–H groups in total. The van der Waals surface area contributed by atoms with Gasteiger partial charge < -0.3 is 15.6 Å². The second kappa shape index (κ2) is 6.85. The van der Waals surface area contributed by atoms with Crippen molar-refractivity contribution >= 4 is 5.97 Å². The van der Waals surface area contributed by atoms with Crippen molar-refractivity contribution < 1.29 is 14.6 Å². The molecule has 1 aromatic heterocycles. The minimum absolute atomic E-state index is 0.155. The molecule has 7 heteroatoms. The van der Waals surface area contributed by atoms with Gasteiger partial charge in [-0.25, -0.2) is 4.68 Å². The zero-order valence-corrected chi connectivity index (χ0v) is 11.8. The average Bonchev–Trinajstić information content (AvgIpc) is 2.88. The molecular formula is C14H18N4O3. The summed E-state index contributed by atoms with van der Waals surface area (Å²) in [7, 11) is 0. The van der Waals surface area contributed by atoms with Crippen LogP contribution in [0.5, 0.6) is 5.75 Å². The maximum absolute atomic E-state index is 10.7. The molecule has 21 heavy (non-hydrogen) atoms. The van der Waals surface area contributed by atoms with Crippen LogP contribution in [0.4, 0.5) is 0 Å². The zero-order chi connectivity index (χ0) is 15.2. The van der Waals surface area contributed by atoms with Crippen molar-refractivity contribution in [2.24, 2.45) is 5.73 Å². The lowest BCUT2D eigenvalue weighted by molar-refractivity contribution is -0.138. The number of ether oxygens (including phenoxy) is 1. The third kappa shape index (κ3) is 4.03. The number of carboxylic acids is 1. The minimum atomic E-state index is -1.05. The molecule has 0 saturated heterocycles. The molecule has 0 amide bonds. The highest BCUT2D eigenvalue weighted by atomic mass is 16.5. The standard InChI is InChI=1S/C14H18N4O3/c1-2-21-13-6-4-3-5-10(13)8-18-9-11(16-17-18)7-12(15)14(19)20/h3-6,9,12H,2,7-8,15H2,1H3,(H,19,20). The van der Waals surface area contributed by atoms with Crippen LogP contribution in [0.2, 0.25) is 0 Å². The first-order valence-electron chi connectivity index (χ1n) is 6.68. The second-order valence-corrected chi connectivity index (χ2v) is 4.60. The van der Waals surface area contributed by atoms with Crippen LogP contribution in [0.1, 0.15) is 18.2 Å². The van der Waals surface area contributed by atoms with Crippen LogP contribution in [-0.4, -0.2) is 38.7 Å². The van der Waals surface area contributed by atoms with Crippen molar-refractivity contribution in [2.75, 3.05) is 6.61 Å². The number of hydrogen-bond acceptors (Lipinski definition) is 5.